The van der Waals surface area contributed by atoms with Gasteiger partial charge in [-0.05, 0) is 43.6 Å². The first-order valence-electron chi connectivity index (χ1n) is 3.86. The molecule has 0 aliphatic heterocycles. The van der Waals surface area contributed by atoms with E-state index in [4.69, 9.17) is 0 Å². The van der Waals surface area contributed by atoms with Crippen molar-refractivity contribution in [2.75, 3.05) is 13.3 Å². The maximum Gasteiger partial charge on any atom is -0.0243 e. The molecule has 60 valence electrons. The highest BCUT2D eigenvalue weighted by Gasteiger charge is 1.98. The quantitative estimate of drug-likeness (QED) is 0.563. The van der Waals surface area contributed by atoms with Crippen molar-refractivity contribution in [3.8, 4) is 0 Å². The van der Waals surface area contributed by atoms with E-state index in [1.54, 1.807) is 0 Å². The van der Waals surface area contributed by atoms with Crippen molar-refractivity contribution in [3.05, 3.63) is 29.3 Å². The number of hydrogen-bond donors (Lipinski definition) is 0. The summed E-state index contributed by atoms with van der Waals surface area (Å²) in [4.78, 5) is 0. The minimum Gasteiger partial charge on any atom is -0.0817 e. The Kier molecular flexibility index (Phi) is 2.67. The summed E-state index contributed by atoms with van der Waals surface area (Å²) in [5.74, 6) is 0. The lowest BCUT2D eigenvalue weighted by Gasteiger charge is -2.07. The third-order valence-corrected chi connectivity index (χ3v) is 3.32. The van der Waals surface area contributed by atoms with Gasteiger partial charge in [-0.3, -0.25) is 0 Å². The van der Waals surface area contributed by atoms with Crippen molar-refractivity contribution < 1.29 is 0 Å². The molecule has 0 saturated heterocycles. The van der Waals surface area contributed by atoms with Crippen LogP contribution in [0.4, 0.5) is 0 Å². The van der Waals surface area contributed by atoms with Gasteiger partial charge in [0.1, 0.15) is 0 Å². The fraction of sp³-hybridized carbons (Fsp3) is 0.400. The van der Waals surface area contributed by atoms with Crippen LogP contribution in [0.1, 0.15) is 11.1 Å². The molecule has 0 radical (unpaired) electrons. The molecule has 0 unspecified atom stereocenters. The van der Waals surface area contributed by atoms with Crippen molar-refractivity contribution >= 4 is 13.2 Å². The van der Waals surface area contributed by atoms with Gasteiger partial charge >= 0.3 is 0 Å². The molecule has 0 atom stereocenters. The summed E-state index contributed by atoms with van der Waals surface area (Å²) in [5.41, 5.74) is 2.81. The molecule has 1 heteroatoms. The molecule has 1 aromatic carbocycles. The zero-order valence-corrected chi connectivity index (χ0v) is 8.57. The van der Waals surface area contributed by atoms with Crippen LogP contribution in [0.25, 0.3) is 0 Å². The van der Waals surface area contributed by atoms with Crippen LogP contribution in [0.15, 0.2) is 18.2 Å². The molecule has 0 heterocycles. The number of aryl methyl sites for hydroxylation is 2. The Balaban J connectivity index is 3.05. The number of rotatable bonds is 1. The summed E-state index contributed by atoms with van der Waals surface area (Å²) in [6, 6.07) is 6.77. The molecule has 0 spiro atoms. The second-order valence-electron chi connectivity index (χ2n) is 3.16. The van der Waals surface area contributed by atoms with Crippen LogP contribution in [-0.2, 0) is 0 Å². The first kappa shape index (κ1) is 8.74. The van der Waals surface area contributed by atoms with Crippen LogP contribution in [0, 0.1) is 13.8 Å². The maximum absolute atomic E-state index is 2.31. The standard InChI is InChI=1S/C10H15P/c1-8-5-6-10(11(3)4)7-9(8)2/h5-7H,1-4H3. The lowest BCUT2D eigenvalue weighted by Crippen LogP contribution is -1.99. The Morgan fingerprint density at radius 3 is 2.09 bits per heavy atom. The third-order valence-electron chi connectivity index (χ3n) is 2.01. The third kappa shape index (κ3) is 2.04. The number of hydrogen-bond acceptors (Lipinski definition) is 0. The van der Waals surface area contributed by atoms with Gasteiger partial charge in [-0.1, -0.05) is 26.1 Å². The summed E-state index contributed by atoms with van der Waals surface area (Å²) in [6.45, 7) is 8.92. The lowest BCUT2D eigenvalue weighted by molar-refractivity contribution is 1.35. The van der Waals surface area contributed by atoms with E-state index in [1.165, 1.54) is 16.4 Å². The van der Waals surface area contributed by atoms with Gasteiger partial charge < -0.3 is 0 Å². The molecular formula is C10H15P. The Labute approximate surface area is 70.4 Å². The van der Waals surface area contributed by atoms with E-state index in [2.05, 4.69) is 45.4 Å². The van der Waals surface area contributed by atoms with E-state index in [0.717, 1.165) is 0 Å². The zero-order chi connectivity index (χ0) is 8.43. The van der Waals surface area contributed by atoms with Crippen LogP contribution in [0.2, 0.25) is 0 Å². The molecule has 0 aliphatic rings. The molecule has 0 nitrogen and oxygen atoms in total. The minimum atomic E-state index is 0.0758. The van der Waals surface area contributed by atoms with Crippen LogP contribution >= 0.6 is 7.92 Å². The Hall–Kier alpha value is -0.350. The van der Waals surface area contributed by atoms with Gasteiger partial charge in [-0.25, -0.2) is 0 Å². The van der Waals surface area contributed by atoms with Gasteiger partial charge in [0, 0.05) is 0 Å². The SMILES string of the molecule is Cc1ccc(P(C)C)cc1C. The van der Waals surface area contributed by atoms with Crippen LogP contribution in [-0.4, -0.2) is 13.3 Å². The van der Waals surface area contributed by atoms with E-state index < -0.39 is 0 Å². The van der Waals surface area contributed by atoms with Crippen molar-refractivity contribution in [1.29, 1.82) is 0 Å². The Morgan fingerprint density at radius 2 is 1.64 bits per heavy atom. The predicted octanol–water partition coefficient (Wildman–Crippen LogP) is 2.67. The number of benzene rings is 1. The first-order valence-corrected chi connectivity index (χ1v) is 6.09. The highest BCUT2D eigenvalue weighted by atomic mass is 31.1. The second kappa shape index (κ2) is 3.36. The highest BCUT2D eigenvalue weighted by Crippen LogP contribution is 2.24. The van der Waals surface area contributed by atoms with Crippen LogP contribution < -0.4 is 5.30 Å². The molecule has 1 aromatic rings. The normalized spacial score (nSPS) is 10.6. The van der Waals surface area contributed by atoms with Crippen molar-refractivity contribution in [3.63, 3.8) is 0 Å². The van der Waals surface area contributed by atoms with Gasteiger partial charge in [0.15, 0.2) is 0 Å². The largest absolute Gasteiger partial charge is 0.0817 e. The van der Waals surface area contributed by atoms with E-state index in [1.807, 2.05) is 0 Å². The van der Waals surface area contributed by atoms with Gasteiger partial charge in [-0.15, -0.1) is 0 Å². The van der Waals surface area contributed by atoms with Crippen LogP contribution in [0.3, 0.4) is 0 Å². The molecule has 0 saturated carbocycles. The van der Waals surface area contributed by atoms with E-state index >= 15 is 0 Å². The average Bonchev–Trinajstić information content (AvgIpc) is 1.94. The highest BCUT2D eigenvalue weighted by molar-refractivity contribution is 7.64. The summed E-state index contributed by atoms with van der Waals surface area (Å²) < 4.78 is 0. The minimum absolute atomic E-state index is 0.0758. The summed E-state index contributed by atoms with van der Waals surface area (Å²) >= 11 is 0. The molecule has 0 N–H and O–H groups in total. The van der Waals surface area contributed by atoms with Crippen molar-refractivity contribution in [2.24, 2.45) is 0 Å². The average molecular weight is 166 g/mol. The molecule has 1 rings (SSSR count). The maximum atomic E-state index is 2.31. The Morgan fingerprint density at radius 1 is 1.00 bits per heavy atom. The van der Waals surface area contributed by atoms with Gasteiger partial charge in [0.25, 0.3) is 0 Å². The van der Waals surface area contributed by atoms with Gasteiger partial charge in [-0.2, -0.15) is 0 Å². The van der Waals surface area contributed by atoms with E-state index in [0.29, 0.717) is 0 Å². The monoisotopic (exact) mass is 166 g/mol. The summed E-state index contributed by atoms with van der Waals surface area (Å²) in [7, 11) is 0.0758. The lowest BCUT2D eigenvalue weighted by atomic mass is 10.1. The molecule has 0 aliphatic carbocycles. The Bertz CT molecular complexity index is 251. The molecule has 11 heavy (non-hydrogen) atoms. The summed E-state index contributed by atoms with van der Waals surface area (Å²) in [6.07, 6.45) is 0. The molecule has 0 amide bonds. The van der Waals surface area contributed by atoms with Crippen molar-refractivity contribution in [1.82, 2.24) is 0 Å². The topological polar surface area (TPSA) is 0 Å². The fourth-order valence-corrected chi connectivity index (χ4v) is 1.83. The van der Waals surface area contributed by atoms with Gasteiger partial charge in [0.05, 0.1) is 0 Å². The fourth-order valence-electron chi connectivity index (χ4n) is 1.00. The molecular weight excluding hydrogens is 151 g/mol. The zero-order valence-electron chi connectivity index (χ0n) is 7.68. The molecule has 0 fully saturated rings. The predicted molar refractivity (Wildman–Crippen MR) is 54.3 cm³/mol. The summed E-state index contributed by atoms with van der Waals surface area (Å²) in [5, 5.41) is 1.50. The van der Waals surface area contributed by atoms with Gasteiger partial charge in [0.2, 0.25) is 0 Å². The smallest absolute Gasteiger partial charge is 0.0243 e. The van der Waals surface area contributed by atoms with E-state index in [-0.39, 0.29) is 7.92 Å². The first-order chi connectivity index (χ1) is 5.11. The second-order valence-corrected chi connectivity index (χ2v) is 5.47. The molecule has 0 bridgehead atoms. The van der Waals surface area contributed by atoms with Crippen LogP contribution in [0.5, 0.6) is 0 Å². The van der Waals surface area contributed by atoms with Crippen molar-refractivity contribution in [2.45, 2.75) is 13.8 Å². The van der Waals surface area contributed by atoms with E-state index in [9.17, 15) is 0 Å². The molecule has 0 aromatic heterocycles.